The smallest absolute Gasteiger partial charge is 0.296 e. The van der Waals surface area contributed by atoms with Crippen LogP contribution in [0, 0.1) is 6.92 Å². The van der Waals surface area contributed by atoms with E-state index in [-0.39, 0.29) is 16.8 Å². The number of methoxy groups -OCH3 is 2. The molecule has 1 aliphatic heterocycles. The Balaban J connectivity index is 1.82. The van der Waals surface area contributed by atoms with Crippen molar-refractivity contribution >= 4 is 34.3 Å². The van der Waals surface area contributed by atoms with Crippen molar-refractivity contribution in [3.8, 4) is 11.5 Å². The molecule has 1 amide bonds. The van der Waals surface area contributed by atoms with Crippen LogP contribution in [0.3, 0.4) is 0 Å². The quantitative estimate of drug-likeness (QED) is 0.428. The molecule has 1 aliphatic rings. The van der Waals surface area contributed by atoms with E-state index >= 15 is 0 Å². The number of hydrogen-bond acceptors (Lipinski definition) is 6. The zero-order valence-electron chi connectivity index (χ0n) is 18.1. The van der Waals surface area contributed by atoms with E-state index in [1.165, 1.54) is 12.0 Å². The minimum atomic E-state index is -0.777. The summed E-state index contributed by atoms with van der Waals surface area (Å²) >= 11 is 6.14. The van der Waals surface area contributed by atoms with Crippen LogP contribution in [0.25, 0.3) is 11.0 Å². The number of hydrogen-bond donors (Lipinski definition) is 0. The van der Waals surface area contributed by atoms with Gasteiger partial charge in [0.2, 0.25) is 5.76 Å². The van der Waals surface area contributed by atoms with Crippen molar-refractivity contribution in [1.29, 1.82) is 0 Å². The molecule has 3 heterocycles. The molecule has 1 atom stereocenters. The number of nitrogens with zero attached hydrogens (tertiary/aromatic N) is 2. The predicted molar refractivity (Wildman–Crippen MR) is 125 cm³/mol. The van der Waals surface area contributed by atoms with Crippen LogP contribution in [0.5, 0.6) is 11.5 Å². The third-order valence-electron chi connectivity index (χ3n) is 5.68. The fourth-order valence-electron chi connectivity index (χ4n) is 4.18. The van der Waals surface area contributed by atoms with Gasteiger partial charge in [0.05, 0.1) is 31.2 Å². The Morgan fingerprint density at radius 1 is 1.00 bits per heavy atom. The monoisotopic (exact) mass is 462 g/mol. The first-order valence-corrected chi connectivity index (χ1v) is 10.6. The molecular formula is C25H19ClN2O5. The van der Waals surface area contributed by atoms with Gasteiger partial charge in [-0.05, 0) is 55.0 Å². The lowest BCUT2D eigenvalue weighted by Gasteiger charge is -2.25. The Kier molecular flexibility index (Phi) is 5.06. The number of ether oxygens (including phenoxy) is 2. The normalized spacial score (nSPS) is 15.1. The molecule has 2 aromatic heterocycles. The summed E-state index contributed by atoms with van der Waals surface area (Å²) in [6.07, 6.45) is 0. The molecule has 5 rings (SSSR count). The van der Waals surface area contributed by atoms with Gasteiger partial charge in [-0.3, -0.25) is 14.5 Å². The fourth-order valence-corrected chi connectivity index (χ4v) is 4.35. The molecule has 4 aromatic rings. The second-order valence-corrected chi connectivity index (χ2v) is 8.08. The minimum Gasteiger partial charge on any atom is -0.493 e. The third-order valence-corrected chi connectivity index (χ3v) is 5.91. The minimum absolute atomic E-state index is 0.0158. The maximum absolute atomic E-state index is 13.6. The van der Waals surface area contributed by atoms with E-state index in [4.69, 9.17) is 25.5 Å². The topological polar surface area (TPSA) is 81.9 Å². The number of benzene rings is 2. The van der Waals surface area contributed by atoms with Gasteiger partial charge < -0.3 is 13.9 Å². The van der Waals surface area contributed by atoms with Crippen molar-refractivity contribution < 1.29 is 18.7 Å². The highest BCUT2D eigenvalue weighted by Crippen LogP contribution is 2.42. The molecule has 0 saturated heterocycles. The van der Waals surface area contributed by atoms with E-state index in [9.17, 15) is 9.59 Å². The number of pyridine rings is 1. The zero-order valence-corrected chi connectivity index (χ0v) is 18.8. The SMILES string of the molecule is COc1ccc([C@H]2c3c(oc4ccc(Cl)cc4c3=O)C(=O)N2c2cccc(C)n2)cc1OC. The van der Waals surface area contributed by atoms with Gasteiger partial charge in [0, 0.05) is 10.7 Å². The van der Waals surface area contributed by atoms with Crippen molar-refractivity contribution in [2.45, 2.75) is 13.0 Å². The first-order valence-electron chi connectivity index (χ1n) is 10.2. The molecule has 33 heavy (non-hydrogen) atoms. The molecule has 0 radical (unpaired) electrons. The maximum Gasteiger partial charge on any atom is 0.296 e. The highest BCUT2D eigenvalue weighted by molar-refractivity contribution is 6.31. The van der Waals surface area contributed by atoms with Gasteiger partial charge in [-0.25, -0.2) is 4.98 Å². The maximum atomic E-state index is 13.6. The molecule has 0 spiro atoms. The molecule has 0 bridgehead atoms. The second-order valence-electron chi connectivity index (χ2n) is 7.64. The number of rotatable bonds is 4. The van der Waals surface area contributed by atoms with E-state index in [0.29, 0.717) is 38.9 Å². The average molecular weight is 463 g/mol. The number of fused-ring (bicyclic) bond motifs is 2. The van der Waals surface area contributed by atoms with Crippen molar-refractivity contribution in [3.63, 3.8) is 0 Å². The van der Waals surface area contributed by atoms with Crippen LogP contribution in [0.4, 0.5) is 5.82 Å². The van der Waals surface area contributed by atoms with Crippen LogP contribution in [0.1, 0.15) is 33.4 Å². The first kappa shape index (κ1) is 21.0. The van der Waals surface area contributed by atoms with Gasteiger partial charge in [-0.2, -0.15) is 0 Å². The summed E-state index contributed by atoms with van der Waals surface area (Å²) in [5, 5.41) is 0.706. The summed E-state index contributed by atoms with van der Waals surface area (Å²) < 4.78 is 16.8. The molecule has 8 heteroatoms. The predicted octanol–water partition coefficient (Wildman–Crippen LogP) is 4.92. The number of aromatic nitrogens is 1. The van der Waals surface area contributed by atoms with Crippen molar-refractivity contribution in [2.75, 3.05) is 19.1 Å². The summed E-state index contributed by atoms with van der Waals surface area (Å²) in [5.41, 5.74) is 1.58. The molecule has 0 aliphatic carbocycles. The standard InChI is InChI=1S/C25H19ClN2O5/c1-13-5-4-6-20(27-13)28-22(14-7-9-18(31-2)19(11-14)32-3)21-23(29)16-12-15(26)8-10-17(16)33-24(21)25(28)30/h4-12,22H,1-3H3/t22-/m0/s1. The van der Waals surface area contributed by atoms with E-state index in [2.05, 4.69) is 4.98 Å². The van der Waals surface area contributed by atoms with Crippen molar-refractivity contribution in [2.24, 2.45) is 0 Å². The van der Waals surface area contributed by atoms with Crippen LogP contribution in [0.15, 0.2) is 63.8 Å². The molecule has 0 fully saturated rings. The summed E-state index contributed by atoms with van der Waals surface area (Å²) in [4.78, 5) is 33.3. The van der Waals surface area contributed by atoms with Gasteiger partial charge in [-0.15, -0.1) is 0 Å². The Bertz CT molecular complexity index is 1480. The number of amides is 1. The summed E-state index contributed by atoms with van der Waals surface area (Å²) in [7, 11) is 3.07. The largest absolute Gasteiger partial charge is 0.493 e. The molecule has 0 saturated carbocycles. The Morgan fingerprint density at radius 3 is 2.52 bits per heavy atom. The Morgan fingerprint density at radius 2 is 1.79 bits per heavy atom. The summed E-state index contributed by atoms with van der Waals surface area (Å²) in [6.45, 7) is 1.84. The number of carbonyl (C=O) groups is 1. The zero-order chi connectivity index (χ0) is 23.3. The molecule has 7 nitrogen and oxygen atoms in total. The molecule has 166 valence electrons. The lowest BCUT2D eigenvalue weighted by molar-refractivity contribution is 0.0970. The molecule has 0 N–H and O–H groups in total. The fraction of sp³-hybridized carbons (Fsp3) is 0.160. The lowest BCUT2D eigenvalue weighted by atomic mass is 9.98. The van der Waals surface area contributed by atoms with E-state index in [1.54, 1.807) is 49.6 Å². The highest BCUT2D eigenvalue weighted by atomic mass is 35.5. The van der Waals surface area contributed by atoms with E-state index in [0.717, 1.165) is 5.69 Å². The number of aryl methyl sites for hydroxylation is 1. The number of halogens is 1. The van der Waals surface area contributed by atoms with Crippen LogP contribution < -0.4 is 19.8 Å². The van der Waals surface area contributed by atoms with Gasteiger partial charge >= 0.3 is 0 Å². The van der Waals surface area contributed by atoms with Crippen LogP contribution in [-0.4, -0.2) is 25.1 Å². The Hall–Kier alpha value is -3.84. The molecule has 2 aromatic carbocycles. The summed E-state index contributed by atoms with van der Waals surface area (Å²) in [6, 6.07) is 14.6. The van der Waals surface area contributed by atoms with Gasteiger partial charge in [0.1, 0.15) is 11.4 Å². The van der Waals surface area contributed by atoms with E-state index in [1.807, 2.05) is 19.1 Å². The average Bonchev–Trinajstić information content (AvgIpc) is 3.11. The molecule has 0 unspecified atom stereocenters. The van der Waals surface area contributed by atoms with Gasteiger partial charge in [0.15, 0.2) is 16.9 Å². The number of carbonyl (C=O) groups excluding carboxylic acids is 1. The second kappa shape index (κ2) is 7.94. The molecular weight excluding hydrogens is 444 g/mol. The lowest BCUT2D eigenvalue weighted by Crippen LogP contribution is -2.30. The van der Waals surface area contributed by atoms with Crippen LogP contribution in [0.2, 0.25) is 5.02 Å². The van der Waals surface area contributed by atoms with Crippen LogP contribution >= 0.6 is 11.6 Å². The first-order chi connectivity index (χ1) is 15.9. The highest BCUT2D eigenvalue weighted by Gasteiger charge is 2.44. The van der Waals surface area contributed by atoms with Gasteiger partial charge in [0.25, 0.3) is 5.91 Å². The van der Waals surface area contributed by atoms with Crippen LogP contribution in [-0.2, 0) is 0 Å². The van der Waals surface area contributed by atoms with Gasteiger partial charge in [-0.1, -0.05) is 23.7 Å². The van der Waals surface area contributed by atoms with Crippen molar-refractivity contribution in [1.82, 2.24) is 4.98 Å². The van der Waals surface area contributed by atoms with E-state index < -0.39 is 11.9 Å². The third kappa shape index (κ3) is 3.32. The summed E-state index contributed by atoms with van der Waals surface area (Å²) in [5.74, 6) is 0.951. The Labute approximate surface area is 194 Å². The van der Waals surface area contributed by atoms with Crippen molar-refractivity contribution in [3.05, 3.63) is 92.4 Å². The number of anilines is 1.